The Morgan fingerprint density at radius 2 is 1.95 bits per heavy atom. The molecule has 1 rings (SSSR count). The number of nitrogens with one attached hydrogen (secondary N) is 1. The van der Waals surface area contributed by atoms with Crippen LogP contribution in [0.25, 0.3) is 0 Å². The Morgan fingerprint density at radius 1 is 1.26 bits per heavy atom. The van der Waals surface area contributed by atoms with E-state index < -0.39 is 5.91 Å². The maximum Gasteiger partial charge on any atom is 0.252 e. The molecule has 0 atom stereocenters. The topological polar surface area (TPSA) is 94.0 Å². The first-order valence-electron chi connectivity index (χ1n) is 6.78. The van der Waals surface area contributed by atoms with Crippen molar-refractivity contribution in [3.8, 4) is 0 Å². The van der Waals surface area contributed by atoms with Crippen molar-refractivity contribution in [3.05, 3.63) is 22.9 Å². The summed E-state index contributed by atoms with van der Waals surface area (Å²) in [5.41, 5.74) is 13.1. The predicted octanol–water partition coefficient (Wildman–Crippen LogP) is 1.73. The number of rotatable bonds is 8. The largest absolute Gasteiger partial charge is 0.369 e. The van der Waals surface area contributed by atoms with Crippen LogP contribution in [-0.2, 0) is 0 Å². The fourth-order valence-corrected chi connectivity index (χ4v) is 2.11. The van der Waals surface area contributed by atoms with Gasteiger partial charge < -0.3 is 16.8 Å². The summed E-state index contributed by atoms with van der Waals surface area (Å²) in [6, 6.07) is 1.87. The zero-order valence-electron chi connectivity index (χ0n) is 11.8. The molecule has 0 aliphatic carbocycles. The molecule has 0 unspecified atom stereocenters. The third-order valence-corrected chi connectivity index (χ3v) is 3.01. The van der Waals surface area contributed by atoms with Gasteiger partial charge in [0.05, 0.1) is 5.56 Å². The monoisotopic (exact) mass is 264 g/mol. The second-order valence-corrected chi connectivity index (χ2v) is 4.80. The highest BCUT2D eigenvalue weighted by molar-refractivity contribution is 5.99. The van der Waals surface area contributed by atoms with Gasteiger partial charge in [-0.1, -0.05) is 12.8 Å². The normalized spacial score (nSPS) is 10.5. The van der Waals surface area contributed by atoms with Gasteiger partial charge in [0.15, 0.2) is 0 Å². The van der Waals surface area contributed by atoms with Crippen molar-refractivity contribution in [1.29, 1.82) is 0 Å². The minimum absolute atomic E-state index is 0.435. The maximum atomic E-state index is 11.5. The molecule has 0 saturated heterocycles. The van der Waals surface area contributed by atoms with E-state index in [2.05, 4.69) is 10.3 Å². The highest BCUT2D eigenvalue weighted by atomic mass is 16.1. The SMILES string of the molecule is Cc1cc(C)c(C(N)=O)c(NCCCCCCN)n1. The number of carbonyl (C=O) groups is 1. The van der Waals surface area contributed by atoms with Gasteiger partial charge in [-0.15, -0.1) is 0 Å². The lowest BCUT2D eigenvalue weighted by molar-refractivity contribution is 0.1000. The van der Waals surface area contributed by atoms with Gasteiger partial charge >= 0.3 is 0 Å². The van der Waals surface area contributed by atoms with Gasteiger partial charge in [-0.25, -0.2) is 4.98 Å². The third kappa shape index (κ3) is 4.87. The first-order valence-corrected chi connectivity index (χ1v) is 6.78. The number of aryl methyl sites for hydroxylation is 2. The van der Waals surface area contributed by atoms with Crippen LogP contribution in [0.4, 0.5) is 5.82 Å². The van der Waals surface area contributed by atoms with Crippen LogP contribution < -0.4 is 16.8 Å². The number of carbonyl (C=O) groups excluding carboxylic acids is 1. The molecule has 0 fully saturated rings. The predicted molar refractivity (Wildman–Crippen MR) is 78.2 cm³/mol. The van der Waals surface area contributed by atoms with E-state index >= 15 is 0 Å². The molecule has 0 bridgehead atoms. The van der Waals surface area contributed by atoms with Crippen LogP contribution in [-0.4, -0.2) is 24.0 Å². The van der Waals surface area contributed by atoms with Crippen LogP contribution >= 0.6 is 0 Å². The average Bonchev–Trinajstić information content (AvgIpc) is 2.32. The van der Waals surface area contributed by atoms with Gasteiger partial charge in [0.2, 0.25) is 0 Å². The van der Waals surface area contributed by atoms with Crippen molar-refractivity contribution in [3.63, 3.8) is 0 Å². The van der Waals surface area contributed by atoms with Crippen molar-refractivity contribution < 1.29 is 4.79 Å². The molecule has 1 aromatic heterocycles. The summed E-state index contributed by atoms with van der Waals surface area (Å²) >= 11 is 0. The Labute approximate surface area is 114 Å². The summed E-state index contributed by atoms with van der Waals surface area (Å²) < 4.78 is 0. The number of hydrogen-bond donors (Lipinski definition) is 3. The number of aromatic nitrogens is 1. The highest BCUT2D eigenvalue weighted by Gasteiger charge is 2.13. The lowest BCUT2D eigenvalue weighted by Crippen LogP contribution is -2.18. The molecule has 1 amide bonds. The molecule has 5 heteroatoms. The Balaban J connectivity index is 2.59. The molecule has 5 N–H and O–H groups in total. The van der Waals surface area contributed by atoms with Gasteiger partial charge in [0, 0.05) is 12.2 Å². The number of anilines is 1. The maximum absolute atomic E-state index is 11.5. The Bertz CT molecular complexity index is 432. The van der Waals surface area contributed by atoms with Gasteiger partial charge in [0.25, 0.3) is 5.91 Å². The van der Waals surface area contributed by atoms with Crippen LogP contribution in [0.5, 0.6) is 0 Å². The molecule has 106 valence electrons. The fourth-order valence-electron chi connectivity index (χ4n) is 2.11. The third-order valence-electron chi connectivity index (χ3n) is 3.01. The van der Waals surface area contributed by atoms with E-state index in [9.17, 15) is 4.79 Å². The second kappa shape index (κ2) is 7.74. The molecule has 0 spiro atoms. The molecule has 1 aromatic rings. The molecule has 0 aliphatic rings. The zero-order chi connectivity index (χ0) is 14.3. The van der Waals surface area contributed by atoms with E-state index in [1.807, 2.05) is 19.9 Å². The summed E-state index contributed by atoms with van der Waals surface area (Å²) in [7, 11) is 0. The van der Waals surface area contributed by atoms with Gasteiger partial charge in [-0.05, 0) is 44.9 Å². The second-order valence-electron chi connectivity index (χ2n) is 4.80. The summed E-state index contributed by atoms with van der Waals surface area (Å²) in [5.74, 6) is 0.166. The average molecular weight is 264 g/mol. The number of primary amides is 1. The number of amides is 1. The lowest BCUT2D eigenvalue weighted by atomic mass is 10.1. The quantitative estimate of drug-likeness (QED) is 0.623. The summed E-state index contributed by atoms with van der Waals surface area (Å²) in [6.07, 6.45) is 4.36. The van der Waals surface area contributed by atoms with Gasteiger partial charge in [-0.2, -0.15) is 0 Å². The minimum atomic E-state index is -0.435. The summed E-state index contributed by atoms with van der Waals surface area (Å²) in [4.78, 5) is 15.8. The minimum Gasteiger partial charge on any atom is -0.369 e. The fraction of sp³-hybridized carbons (Fsp3) is 0.571. The smallest absolute Gasteiger partial charge is 0.252 e. The van der Waals surface area contributed by atoms with Crippen LogP contribution in [0, 0.1) is 13.8 Å². The van der Waals surface area contributed by atoms with E-state index in [1.165, 1.54) is 0 Å². The van der Waals surface area contributed by atoms with Crippen molar-refractivity contribution >= 4 is 11.7 Å². The Kier molecular flexibility index (Phi) is 6.29. The molecule has 1 heterocycles. The molecule has 5 nitrogen and oxygen atoms in total. The first-order chi connectivity index (χ1) is 9.06. The lowest BCUT2D eigenvalue weighted by Gasteiger charge is -2.12. The molecule has 0 aromatic carbocycles. The van der Waals surface area contributed by atoms with Crippen LogP contribution in [0.1, 0.15) is 47.3 Å². The van der Waals surface area contributed by atoms with Crippen LogP contribution in [0.2, 0.25) is 0 Å². The van der Waals surface area contributed by atoms with E-state index in [0.29, 0.717) is 11.4 Å². The Morgan fingerprint density at radius 3 is 2.58 bits per heavy atom. The standard InChI is InChI=1S/C14H24N4O/c1-10-9-11(2)18-14(12(10)13(16)19)17-8-6-4-3-5-7-15/h9H,3-8,15H2,1-2H3,(H2,16,19)(H,17,18). The highest BCUT2D eigenvalue weighted by Crippen LogP contribution is 2.18. The molecular formula is C14H24N4O. The van der Waals surface area contributed by atoms with Crippen molar-refractivity contribution in [2.45, 2.75) is 39.5 Å². The summed E-state index contributed by atoms with van der Waals surface area (Å²) in [5, 5.41) is 3.21. The number of nitrogens with two attached hydrogens (primary N) is 2. The molecule has 19 heavy (non-hydrogen) atoms. The number of unbranched alkanes of at least 4 members (excludes halogenated alkanes) is 3. The summed E-state index contributed by atoms with van der Waals surface area (Å²) in [6.45, 7) is 5.32. The molecule has 0 radical (unpaired) electrons. The van der Waals surface area contributed by atoms with Crippen molar-refractivity contribution in [2.75, 3.05) is 18.4 Å². The van der Waals surface area contributed by atoms with E-state index in [4.69, 9.17) is 11.5 Å². The number of nitrogens with zero attached hydrogens (tertiary/aromatic N) is 1. The van der Waals surface area contributed by atoms with Crippen molar-refractivity contribution in [2.24, 2.45) is 11.5 Å². The van der Waals surface area contributed by atoms with Crippen LogP contribution in [0.15, 0.2) is 6.07 Å². The number of hydrogen-bond acceptors (Lipinski definition) is 4. The number of pyridine rings is 1. The zero-order valence-corrected chi connectivity index (χ0v) is 11.8. The van der Waals surface area contributed by atoms with Crippen molar-refractivity contribution in [1.82, 2.24) is 4.98 Å². The van der Waals surface area contributed by atoms with E-state index in [0.717, 1.165) is 50.0 Å². The van der Waals surface area contributed by atoms with Gasteiger partial charge in [0.1, 0.15) is 5.82 Å². The molecular weight excluding hydrogens is 240 g/mol. The van der Waals surface area contributed by atoms with E-state index in [-0.39, 0.29) is 0 Å². The molecule has 0 aliphatic heterocycles. The van der Waals surface area contributed by atoms with Gasteiger partial charge in [-0.3, -0.25) is 4.79 Å². The van der Waals surface area contributed by atoms with Crippen LogP contribution in [0.3, 0.4) is 0 Å². The van der Waals surface area contributed by atoms with E-state index in [1.54, 1.807) is 0 Å². The molecule has 0 saturated carbocycles. The Hall–Kier alpha value is -1.62. The first kappa shape index (κ1) is 15.4.